The van der Waals surface area contributed by atoms with Gasteiger partial charge in [0.1, 0.15) is 0 Å². The van der Waals surface area contributed by atoms with Gasteiger partial charge < -0.3 is 4.74 Å². The van der Waals surface area contributed by atoms with E-state index in [0.717, 1.165) is 0 Å². The number of methoxy groups -OCH3 is 1. The Morgan fingerprint density at radius 2 is 2.46 bits per heavy atom. The average Bonchev–Trinajstić information content (AvgIpc) is 2.11. The van der Waals surface area contributed by atoms with Gasteiger partial charge in [0.05, 0.1) is 18.6 Å². The Balaban J connectivity index is 2.87. The highest BCUT2D eigenvalue weighted by molar-refractivity contribution is 6.30. The van der Waals surface area contributed by atoms with E-state index in [2.05, 4.69) is 9.72 Å². The summed E-state index contributed by atoms with van der Waals surface area (Å²) in [6.45, 7) is 0. The zero-order valence-corrected chi connectivity index (χ0v) is 7.64. The van der Waals surface area contributed by atoms with Crippen LogP contribution in [0.1, 0.15) is 5.56 Å². The first-order chi connectivity index (χ1) is 6.13. The van der Waals surface area contributed by atoms with Crippen LogP contribution in [0, 0.1) is 5.95 Å². The lowest BCUT2D eigenvalue weighted by Gasteiger charge is -2.00. The summed E-state index contributed by atoms with van der Waals surface area (Å²) in [7, 11) is 1.23. The van der Waals surface area contributed by atoms with Crippen molar-refractivity contribution >= 4 is 17.6 Å². The number of carbonyl (C=O) groups excluding carboxylic acids is 1. The van der Waals surface area contributed by atoms with E-state index >= 15 is 0 Å². The van der Waals surface area contributed by atoms with Gasteiger partial charge in [-0.25, -0.2) is 4.98 Å². The van der Waals surface area contributed by atoms with E-state index in [1.165, 1.54) is 19.4 Å². The maximum atomic E-state index is 12.9. The van der Waals surface area contributed by atoms with Crippen LogP contribution in [-0.4, -0.2) is 18.1 Å². The molecule has 0 aliphatic heterocycles. The van der Waals surface area contributed by atoms with Crippen LogP contribution in [-0.2, 0) is 16.0 Å². The van der Waals surface area contributed by atoms with Crippen molar-refractivity contribution in [1.29, 1.82) is 0 Å². The Hall–Kier alpha value is -1.16. The summed E-state index contributed by atoms with van der Waals surface area (Å²) >= 11 is 5.56. The van der Waals surface area contributed by atoms with Gasteiger partial charge in [-0.2, -0.15) is 4.39 Å². The van der Waals surface area contributed by atoms with Crippen molar-refractivity contribution in [3.63, 3.8) is 0 Å². The van der Waals surface area contributed by atoms with Gasteiger partial charge in [0, 0.05) is 11.8 Å². The molecule has 1 rings (SSSR count). The highest BCUT2D eigenvalue weighted by Gasteiger charge is 2.09. The van der Waals surface area contributed by atoms with Crippen molar-refractivity contribution in [1.82, 2.24) is 4.98 Å². The van der Waals surface area contributed by atoms with Gasteiger partial charge in [-0.3, -0.25) is 4.79 Å². The van der Waals surface area contributed by atoms with Crippen LogP contribution in [0.15, 0.2) is 12.3 Å². The first-order valence-corrected chi connectivity index (χ1v) is 3.88. The smallest absolute Gasteiger partial charge is 0.310 e. The summed E-state index contributed by atoms with van der Waals surface area (Å²) in [5.41, 5.74) is 0.138. The molecule has 0 bridgehead atoms. The molecule has 13 heavy (non-hydrogen) atoms. The SMILES string of the molecule is COC(=O)Cc1cc(Cl)cnc1F. The third kappa shape index (κ3) is 2.66. The van der Waals surface area contributed by atoms with Gasteiger partial charge in [0.2, 0.25) is 5.95 Å². The van der Waals surface area contributed by atoms with Crippen LogP contribution in [0.5, 0.6) is 0 Å². The second kappa shape index (κ2) is 4.18. The lowest BCUT2D eigenvalue weighted by atomic mass is 10.2. The van der Waals surface area contributed by atoms with Crippen molar-refractivity contribution in [2.24, 2.45) is 0 Å². The molecular formula is C8H7ClFNO2. The van der Waals surface area contributed by atoms with Crippen molar-refractivity contribution in [3.8, 4) is 0 Å². The first-order valence-electron chi connectivity index (χ1n) is 3.50. The van der Waals surface area contributed by atoms with E-state index in [-0.39, 0.29) is 12.0 Å². The molecule has 1 heterocycles. The number of rotatable bonds is 2. The average molecular weight is 204 g/mol. The number of esters is 1. The summed E-state index contributed by atoms with van der Waals surface area (Å²) < 4.78 is 17.3. The Morgan fingerprint density at radius 3 is 3.08 bits per heavy atom. The van der Waals surface area contributed by atoms with Crippen LogP contribution >= 0.6 is 11.6 Å². The minimum Gasteiger partial charge on any atom is -0.469 e. The zero-order valence-electron chi connectivity index (χ0n) is 6.88. The van der Waals surface area contributed by atoms with Gasteiger partial charge in [-0.05, 0) is 6.07 Å². The second-order valence-electron chi connectivity index (χ2n) is 2.36. The molecule has 0 spiro atoms. The minimum atomic E-state index is -0.699. The molecule has 70 valence electrons. The summed E-state index contributed by atoms with van der Waals surface area (Å²) in [4.78, 5) is 14.1. The van der Waals surface area contributed by atoms with Crippen LogP contribution < -0.4 is 0 Å². The monoisotopic (exact) mass is 203 g/mol. The van der Waals surface area contributed by atoms with Crippen molar-refractivity contribution in [3.05, 3.63) is 28.8 Å². The third-order valence-electron chi connectivity index (χ3n) is 1.44. The lowest BCUT2D eigenvalue weighted by Crippen LogP contribution is -2.06. The van der Waals surface area contributed by atoms with Gasteiger partial charge in [0.25, 0.3) is 0 Å². The number of nitrogens with zero attached hydrogens (tertiary/aromatic N) is 1. The third-order valence-corrected chi connectivity index (χ3v) is 1.65. The molecule has 0 aliphatic carbocycles. The fourth-order valence-corrected chi connectivity index (χ4v) is 0.997. The molecule has 0 saturated carbocycles. The number of aromatic nitrogens is 1. The molecule has 0 atom stereocenters. The molecule has 5 heteroatoms. The number of carbonyl (C=O) groups is 1. The van der Waals surface area contributed by atoms with E-state index in [1.54, 1.807) is 0 Å². The van der Waals surface area contributed by atoms with Gasteiger partial charge in [-0.1, -0.05) is 11.6 Å². The Labute approximate surface area is 79.5 Å². The molecule has 1 aromatic heterocycles. The molecule has 1 aromatic rings. The largest absolute Gasteiger partial charge is 0.469 e. The van der Waals surface area contributed by atoms with E-state index in [0.29, 0.717) is 5.02 Å². The fourth-order valence-electron chi connectivity index (χ4n) is 0.816. The molecule has 0 amide bonds. The second-order valence-corrected chi connectivity index (χ2v) is 2.79. The van der Waals surface area contributed by atoms with Crippen LogP contribution in [0.2, 0.25) is 5.02 Å². The molecule has 0 radical (unpaired) electrons. The predicted octanol–water partition coefficient (Wildman–Crippen LogP) is 1.59. The Morgan fingerprint density at radius 1 is 1.77 bits per heavy atom. The zero-order chi connectivity index (χ0) is 9.84. The van der Waals surface area contributed by atoms with Crippen LogP contribution in [0.25, 0.3) is 0 Å². The molecule has 0 aliphatic rings. The molecule has 0 fully saturated rings. The highest BCUT2D eigenvalue weighted by atomic mass is 35.5. The molecule has 3 nitrogen and oxygen atoms in total. The quantitative estimate of drug-likeness (QED) is 0.541. The lowest BCUT2D eigenvalue weighted by molar-refractivity contribution is -0.139. The number of ether oxygens (including phenoxy) is 1. The van der Waals surface area contributed by atoms with Crippen molar-refractivity contribution in [2.45, 2.75) is 6.42 Å². The van der Waals surface area contributed by atoms with Crippen LogP contribution in [0.3, 0.4) is 0 Å². The van der Waals surface area contributed by atoms with Crippen molar-refractivity contribution in [2.75, 3.05) is 7.11 Å². The standard InChI is InChI=1S/C8H7ClFNO2/c1-13-7(12)3-5-2-6(9)4-11-8(5)10/h2,4H,3H2,1H3. The summed E-state index contributed by atoms with van der Waals surface area (Å²) in [5, 5.41) is 0.292. The van der Waals surface area contributed by atoms with Gasteiger partial charge in [0.15, 0.2) is 0 Å². The maximum absolute atomic E-state index is 12.9. The Bertz CT molecular complexity index is 330. The van der Waals surface area contributed by atoms with Gasteiger partial charge >= 0.3 is 5.97 Å². The van der Waals surface area contributed by atoms with Gasteiger partial charge in [-0.15, -0.1) is 0 Å². The molecule has 0 saturated heterocycles. The fraction of sp³-hybridized carbons (Fsp3) is 0.250. The summed E-state index contributed by atoms with van der Waals surface area (Å²) in [6.07, 6.45) is 1.02. The van der Waals surface area contributed by atoms with E-state index < -0.39 is 11.9 Å². The van der Waals surface area contributed by atoms with Crippen LogP contribution in [0.4, 0.5) is 4.39 Å². The summed E-state index contributed by atoms with van der Waals surface area (Å²) in [5.74, 6) is -1.22. The topological polar surface area (TPSA) is 39.2 Å². The molecule has 0 N–H and O–H groups in total. The van der Waals surface area contributed by atoms with E-state index in [9.17, 15) is 9.18 Å². The van der Waals surface area contributed by atoms with E-state index in [1.807, 2.05) is 0 Å². The number of hydrogen-bond acceptors (Lipinski definition) is 3. The first kappa shape index (κ1) is 9.92. The van der Waals surface area contributed by atoms with E-state index in [4.69, 9.17) is 11.6 Å². The predicted molar refractivity (Wildman–Crippen MR) is 44.9 cm³/mol. The minimum absolute atomic E-state index is 0.138. The molecule has 0 aromatic carbocycles. The number of halogens is 2. The summed E-state index contributed by atoms with van der Waals surface area (Å²) in [6, 6.07) is 1.35. The maximum Gasteiger partial charge on any atom is 0.310 e. The number of pyridine rings is 1. The van der Waals surface area contributed by atoms with Crippen molar-refractivity contribution < 1.29 is 13.9 Å². The normalized spacial score (nSPS) is 9.77. The Kier molecular flexibility index (Phi) is 3.19. The molecule has 0 unspecified atom stereocenters. The molecular weight excluding hydrogens is 197 g/mol. The number of hydrogen-bond donors (Lipinski definition) is 0. The highest BCUT2D eigenvalue weighted by Crippen LogP contribution is 2.12.